The van der Waals surface area contributed by atoms with Gasteiger partial charge in [-0.1, -0.05) is 11.3 Å². The normalized spacial score (nSPS) is 17.8. The van der Waals surface area contributed by atoms with Crippen LogP contribution in [0.2, 0.25) is 0 Å². The molecule has 0 saturated carbocycles. The fraction of sp³-hybridized carbons (Fsp3) is 0.800. The third-order valence-corrected chi connectivity index (χ3v) is 6.01. The van der Waals surface area contributed by atoms with Crippen molar-refractivity contribution in [3.8, 4) is 0 Å². The molecule has 0 amide bonds. The van der Waals surface area contributed by atoms with Crippen molar-refractivity contribution in [2.24, 2.45) is 5.92 Å². The van der Waals surface area contributed by atoms with Crippen molar-refractivity contribution >= 4 is 26.3 Å². The molecule has 1 aromatic heterocycles. The van der Waals surface area contributed by atoms with E-state index in [0.29, 0.717) is 24.9 Å². The van der Waals surface area contributed by atoms with E-state index in [2.05, 4.69) is 15.5 Å². The van der Waals surface area contributed by atoms with E-state index in [0.717, 1.165) is 24.2 Å². The van der Waals surface area contributed by atoms with Gasteiger partial charge in [-0.25, -0.2) is 8.42 Å². The number of nitrogens with zero attached hydrogens (tertiary/aromatic N) is 2. The van der Waals surface area contributed by atoms with Gasteiger partial charge >= 0.3 is 0 Å². The maximum Gasteiger partial charge on any atom is 0.234 e. The summed E-state index contributed by atoms with van der Waals surface area (Å²) in [6, 6.07) is 0. The quantitative estimate of drug-likeness (QED) is 0.877. The lowest BCUT2D eigenvalue weighted by molar-refractivity contribution is 0.0723. The predicted octanol–water partition coefficient (Wildman–Crippen LogP) is 1.17. The third kappa shape index (κ3) is 3.39. The summed E-state index contributed by atoms with van der Waals surface area (Å²) in [4.78, 5) is 0. The van der Waals surface area contributed by atoms with E-state index in [-0.39, 0.29) is 16.0 Å². The lowest BCUT2D eigenvalue weighted by Gasteiger charge is -2.20. The van der Waals surface area contributed by atoms with E-state index in [9.17, 15) is 8.42 Å². The van der Waals surface area contributed by atoms with Crippen LogP contribution in [0.4, 0.5) is 5.13 Å². The standard InChI is InChI=1S/C10H17N3O3S2/c1-2-11-9-12-13-10(17-9)18(14,15)7-8-3-5-16-6-4-8/h8H,2-7H2,1H3,(H,11,12). The Hall–Kier alpha value is -0.730. The van der Waals surface area contributed by atoms with Gasteiger partial charge < -0.3 is 10.1 Å². The molecule has 1 saturated heterocycles. The minimum absolute atomic E-state index is 0.116. The van der Waals surface area contributed by atoms with Crippen molar-refractivity contribution < 1.29 is 13.2 Å². The Balaban J connectivity index is 2.04. The summed E-state index contributed by atoms with van der Waals surface area (Å²) in [6.07, 6.45) is 1.61. The van der Waals surface area contributed by atoms with Crippen molar-refractivity contribution in [2.75, 3.05) is 30.8 Å². The number of aromatic nitrogens is 2. The van der Waals surface area contributed by atoms with E-state index in [1.54, 1.807) is 0 Å². The van der Waals surface area contributed by atoms with E-state index < -0.39 is 9.84 Å². The molecule has 0 atom stereocenters. The summed E-state index contributed by atoms with van der Waals surface area (Å²) in [5.74, 6) is 0.326. The van der Waals surface area contributed by atoms with Crippen LogP contribution in [0.25, 0.3) is 0 Å². The molecular formula is C10H17N3O3S2. The van der Waals surface area contributed by atoms with Gasteiger partial charge in [-0.2, -0.15) is 0 Å². The van der Waals surface area contributed by atoms with Gasteiger partial charge in [0.1, 0.15) is 0 Å². The molecule has 0 bridgehead atoms. The summed E-state index contributed by atoms with van der Waals surface area (Å²) in [5.41, 5.74) is 0. The van der Waals surface area contributed by atoms with Crippen LogP contribution in [0.5, 0.6) is 0 Å². The van der Waals surface area contributed by atoms with Gasteiger partial charge in [0.25, 0.3) is 0 Å². The predicted molar refractivity (Wildman–Crippen MR) is 69.7 cm³/mol. The monoisotopic (exact) mass is 291 g/mol. The molecule has 1 aliphatic heterocycles. The highest BCUT2D eigenvalue weighted by molar-refractivity contribution is 7.93. The van der Waals surface area contributed by atoms with Gasteiger partial charge in [-0.05, 0) is 25.7 Å². The summed E-state index contributed by atoms with van der Waals surface area (Å²) < 4.78 is 29.7. The summed E-state index contributed by atoms with van der Waals surface area (Å²) in [5, 5.41) is 11.1. The molecule has 2 rings (SSSR count). The molecule has 1 N–H and O–H groups in total. The number of sulfone groups is 1. The zero-order chi connectivity index (χ0) is 13.0. The molecule has 102 valence electrons. The van der Waals surface area contributed by atoms with Gasteiger partial charge in [0.15, 0.2) is 0 Å². The fourth-order valence-corrected chi connectivity index (χ4v) is 4.61. The minimum atomic E-state index is -3.31. The maximum atomic E-state index is 12.2. The summed E-state index contributed by atoms with van der Waals surface area (Å²) >= 11 is 1.10. The molecule has 0 spiro atoms. The van der Waals surface area contributed by atoms with E-state index in [1.165, 1.54) is 0 Å². The average molecular weight is 291 g/mol. The van der Waals surface area contributed by atoms with Crippen LogP contribution in [-0.4, -0.2) is 44.1 Å². The number of ether oxygens (including phenoxy) is 1. The first-order valence-corrected chi connectivity index (χ1v) is 8.46. The van der Waals surface area contributed by atoms with Crippen molar-refractivity contribution in [1.29, 1.82) is 0 Å². The molecule has 1 fully saturated rings. The van der Waals surface area contributed by atoms with Crippen LogP contribution in [0.15, 0.2) is 4.34 Å². The Kier molecular flexibility index (Phi) is 4.52. The Bertz CT molecular complexity index is 480. The number of rotatable bonds is 5. The van der Waals surface area contributed by atoms with Crippen molar-refractivity contribution in [3.63, 3.8) is 0 Å². The van der Waals surface area contributed by atoms with Gasteiger partial charge in [-0.15, -0.1) is 10.2 Å². The van der Waals surface area contributed by atoms with E-state index in [4.69, 9.17) is 4.74 Å². The number of nitrogens with one attached hydrogen (secondary N) is 1. The van der Waals surface area contributed by atoms with Crippen molar-refractivity contribution in [3.05, 3.63) is 0 Å². The number of anilines is 1. The van der Waals surface area contributed by atoms with Crippen LogP contribution in [0, 0.1) is 5.92 Å². The van der Waals surface area contributed by atoms with Crippen LogP contribution in [0.3, 0.4) is 0 Å². The Morgan fingerprint density at radius 2 is 2.11 bits per heavy atom. The molecule has 0 aliphatic carbocycles. The van der Waals surface area contributed by atoms with Gasteiger partial charge in [0.2, 0.25) is 19.3 Å². The van der Waals surface area contributed by atoms with E-state index in [1.807, 2.05) is 6.92 Å². The minimum Gasteiger partial charge on any atom is -0.381 e. The largest absolute Gasteiger partial charge is 0.381 e. The van der Waals surface area contributed by atoms with Crippen molar-refractivity contribution in [2.45, 2.75) is 24.1 Å². The molecule has 2 heterocycles. The number of hydrogen-bond acceptors (Lipinski definition) is 7. The highest BCUT2D eigenvalue weighted by Crippen LogP contribution is 2.25. The molecule has 6 nitrogen and oxygen atoms in total. The Morgan fingerprint density at radius 1 is 1.39 bits per heavy atom. The SMILES string of the molecule is CCNc1nnc(S(=O)(=O)CC2CCOCC2)s1. The lowest BCUT2D eigenvalue weighted by Crippen LogP contribution is -2.23. The molecule has 1 aromatic rings. The van der Waals surface area contributed by atoms with E-state index >= 15 is 0 Å². The third-order valence-electron chi connectivity index (χ3n) is 2.80. The van der Waals surface area contributed by atoms with Gasteiger partial charge in [-0.3, -0.25) is 0 Å². The zero-order valence-corrected chi connectivity index (χ0v) is 11.9. The first-order chi connectivity index (χ1) is 8.62. The first kappa shape index (κ1) is 13.7. The molecule has 18 heavy (non-hydrogen) atoms. The highest BCUT2D eigenvalue weighted by atomic mass is 32.2. The van der Waals surface area contributed by atoms with Crippen LogP contribution >= 0.6 is 11.3 Å². The zero-order valence-electron chi connectivity index (χ0n) is 10.3. The van der Waals surface area contributed by atoms with Crippen LogP contribution in [-0.2, 0) is 14.6 Å². The molecular weight excluding hydrogens is 274 g/mol. The second-order valence-electron chi connectivity index (χ2n) is 4.24. The van der Waals surface area contributed by atoms with Gasteiger partial charge in [0, 0.05) is 19.8 Å². The van der Waals surface area contributed by atoms with Crippen LogP contribution in [0.1, 0.15) is 19.8 Å². The molecule has 0 aromatic carbocycles. The average Bonchev–Trinajstić information content (AvgIpc) is 2.80. The first-order valence-electron chi connectivity index (χ1n) is 5.99. The topological polar surface area (TPSA) is 81.2 Å². The van der Waals surface area contributed by atoms with Gasteiger partial charge in [0.05, 0.1) is 5.75 Å². The lowest BCUT2D eigenvalue weighted by atomic mass is 10.0. The molecule has 1 aliphatic rings. The highest BCUT2D eigenvalue weighted by Gasteiger charge is 2.26. The van der Waals surface area contributed by atoms with Crippen molar-refractivity contribution in [1.82, 2.24) is 10.2 Å². The Labute approximate surface area is 111 Å². The smallest absolute Gasteiger partial charge is 0.234 e. The Morgan fingerprint density at radius 3 is 2.78 bits per heavy atom. The molecule has 8 heteroatoms. The summed E-state index contributed by atoms with van der Waals surface area (Å²) in [7, 11) is -3.31. The fourth-order valence-electron chi connectivity index (χ4n) is 1.85. The second kappa shape index (κ2) is 5.94. The second-order valence-corrected chi connectivity index (χ2v) is 7.43. The maximum absolute atomic E-state index is 12.2. The number of hydrogen-bond donors (Lipinski definition) is 1. The molecule has 0 unspecified atom stereocenters. The molecule has 0 radical (unpaired) electrons. The van der Waals surface area contributed by atoms with Crippen LogP contribution < -0.4 is 5.32 Å². The summed E-state index contributed by atoms with van der Waals surface area (Å²) in [6.45, 7) is 3.93.